The SMILES string of the molecule is CSC(C)CNC(=O)c1sc(NCC(C)C)nc1N. The van der Waals surface area contributed by atoms with Crippen molar-refractivity contribution in [3.8, 4) is 0 Å². The van der Waals surface area contributed by atoms with Crippen LogP contribution < -0.4 is 16.4 Å². The van der Waals surface area contributed by atoms with E-state index in [1.54, 1.807) is 11.8 Å². The van der Waals surface area contributed by atoms with Crippen molar-refractivity contribution in [2.24, 2.45) is 5.92 Å². The minimum Gasteiger partial charge on any atom is -0.382 e. The average Bonchev–Trinajstić information content (AvgIpc) is 2.74. The zero-order valence-electron chi connectivity index (χ0n) is 11.8. The number of thioether (sulfide) groups is 1. The van der Waals surface area contributed by atoms with Crippen LogP contribution in [0, 0.1) is 5.92 Å². The van der Waals surface area contributed by atoms with Gasteiger partial charge in [-0.2, -0.15) is 11.8 Å². The molecule has 0 aliphatic carbocycles. The molecule has 19 heavy (non-hydrogen) atoms. The Hall–Kier alpha value is -0.950. The van der Waals surface area contributed by atoms with Crippen molar-refractivity contribution in [1.82, 2.24) is 10.3 Å². The molecule has 0 fully saturated rings. The Bertz CT molecular complexity index is 420. The molecule has 0 bridgehead atoms. The average molecular weight is 302 g/mol. The summed E-state index contributed by atoms with van der Waals surface area (Å²) in [4.78, 5) is 16.6. The monoisotopic (exact) mass is 302 g/mol. The van der Waals surface area contributed by atoms with E-state index < -0.39 is 0 Å². The molecule has 0 spiro atoms. The first-order valence-electron chi connectivity index (χ1n) is 6.25. The van der Waals surface area contributed by atoms with Crippen LogP contribution in [0.3, 0.4) is 0 Å². The first-order chi connectivity index (χ1) is 8.93. The summed E-state index contributed by atoms with van der Waals surface area (Å²) in [7, 11) is 0. The van der Waals surface area contributed by atoms with Gasteiger partial charge < -0.3 is 16.4 Å². The van der Waals surface area contributed by atoms with Crippen LogP contribution in [-0.2, 0) is 0 Å². The number of aromatic nitrogens is 1. The highest BCUT2D eigenvalue weighted by Gasteiger charge is 2.16. The summed E-state index contributed by atoms with van der Waals surface area (Å²) in [6, 6.07) is 0. The van der Waals surface area contributed by atoms with Crippen LogP contribution >= 0.6 is 23.1 Å². The fraction of sp³-hybridized carbons (Fsp3) is 0.667. The van der Waals surface area contributed by atoms with Gasteiger partial charge in [-0.05, 0) is 12.2 Å². The van der Waals surface area contributed by atoms with Crippen LogP contribution in [0.2, 0.25) is 0 Å². The Morgan fingerprint density at radius 3 is 2.68 bits per heavy atom. The van der Waals surface area contributed by atoms with Crippen molar-refractivity contribution >= 4 is 40.0 Å². The number of hydrogen-bond donors (Lipinski definition) is 3. The maximum absolute atomic E-state index is 12.0. The predicted molar refractivity (Wildman–Crippen MR) is 85.2 cm³/mol. The molecule has 1 aromatic rings. The minimum absolute atomic E-state index is 0.145. The third-order valence-corrected chi connectivity index (χ3v) is 4.47. The quantitative estimate of drug-likeness (QED) is 0.720. The van der Waals surface area contributed by atoms with Gasteiger partial charge in [0, 0.05) is 18.3 Å². The lowest BCUT2D eigenvalue weighted by Crippen LogP contribution is -2.29. The number of thiazole rings is 1. The molecule has 0 radical (unpaired) electrons. The molecule has 7 heteroatoms. The lowest BCUT2D eigenvalue weighted by molar-refractivity contribution is 0.0959. The van der Waals surface area contributed by atoms with Gasteiger partial charge in [-0.1, -0.05) is 32.1 Å². The Morgan fingerprint density at radius 1 is 1.42 bits per heavy atom. The van der Waals surface area contributed by atoms with Gasteiger partial charge in [0.2, 0.25) is 0 Å². The summed E-state index contributed by atoms with van der Waals surface area (Å²) in [5, 5.41) is 7.14. The normalized spacial score (nSPS) is 12.5. The van der Waals surface area contributed by atoms with Crippen LogP contribution in [0.1, 0.15) is 30.4 Å². The summed E-state index contributed by atoms with van der Waals surface area (Å²) in [6.45, 7) is 7.74. The lowest BCUT2D eigenvalue weighted by Gasteiger charge is -2.08. The second kappa shape index (κ2) is 7.59. The zero-order chi connectivity index (χ0) is 14.4. The fourth-order valence-corrected chi connectivity index (χ4v) is 2.32. The molecule has 1 unspecified atom stereocenters. The molecule has 1 atom stereocenters. The molecule has 1 amide bonds. The van der Waals surface area contributed by atoms with E-state index >= 15 is 0 Å². The number of nitrogens with one attached hydrogen (secondary N) is 2. The standard InChI is InChI=1S/C12H22N4OS2/c1-7(2)5-15-12-16-10(13)9(19-12)11(17)14-6-8(3)18-4/h7-8H,5-6,13H2,1-4H3,(H,14,17)(H,15,16). The van der Waals surface area contributed by atoms with Crippen LogP contribution in [-0.4, -0.2) is 35.5 Å². The molecule has 1 aromatic heterocycles. The van der Waals surface area contributed by atoms with Crippen molar-refractivity contribution in [1.29, 1.82) is 0 Å². The summed E-state index contributed by atoms with van der Waals surface area (Å²) < 4.78 is 0. The molecule has 1 heterocycles. The minimum atomic E-state index is -0.145. The van der Waals surface area contributed by atoms with Crippen LogP contribution in [0.25, 0.3) is 0 Å². The largest absolute Gasteiger partial charge is 0.382 e. The summed E-state index contributed by atoms with van der Waals surface area (Å²) in [5.41, 5.74) is 5.78. The maximum atomic E-state index is 12.0. The van der Waals surface area contributed by atoms with Crippen molar-refractivity contribution < 1.29 is 4.79 Å². The number of nitrogens with two attached hydrogens (primary N) is 1. The van der Waals surface area contributed by atoms with E-state index in [2.05, 4.69) is 36.4 Å². The smallest absolute Gasteiger partial charge is 0.265 e. The van der Waals surface area contributed by atoms with E-state index in [0.717, 1.165) is 6.54 Å². The van der Waals surface area contributed by atoms with Gasteiger partial charge in [0.15, 0.2) is 5.13 Å². The van der Waals surface area contributed by atoms with Gasteiger partial charge in [-0.25, -0.2) is 4.98 Å². The number of carbonyl (C=O) groups excluding carboxylic acids is 1. The topological polar surface area (TPSA) is 80.0 Å². The fourth-order valence-electron chi connectivity index (χ4n) is 1.26. The molecular formula is C12H22N4OS2. The Balaban J connectivity index is 2.59. The molecule has 1 rings (SSSR count). The molecule has 108 valence electrons. The Kier molecular flexibility index (Phi) is 6.44. The highest BCUT2D eigenvalue weighted by molar-refractivity contribution is 7.99. The summed E-state index contributed by atoms with van der Waals surface area (Å²) in [5.74, 6) is 0.670. The van der Waals surface area contributed by atoms with Gasteiger partial charge in [0.05, 0.1) is 0 Å². The van der Waals surface area contributed by atoms with Crippen molar-refractivity contribution in [3.05, 3.63) is 4.88 Å². The zero-order valence-corrected chi connectivity index (χ0v) is 13.5. The highest BCUT2D eigenvalue weighted by atomic mass is 32.2. The van der Waals surface area contributed by atoms with Crippen LogP contribution in [0.4, 0.5) is 10.9 Å². The molecular weight excluding hydrogens is 280 g/mol. The number of nitrogen functional groups attached to an aromatic ring is 1. The molecule has 0 aromatic carbocycles. The second-order valence-electron chi connectivity index (χ2n) is 4.76. The molecule has 5 nitrogen and oxygen atoms in total. The van der Waals surface area contributed by atoms with Crippen LogP contribution in [0.5, 0.6) is 0 Å². The number of nitrogens with zero attached hydrogens (tertiary/aromatic N) is 1. The third kappa shape index (κ3) is 5.28. The van der Waals surface area contributed by atoms with E-state index in [1.807, 2.05) is 6.26 Å². The van der Waals surface area contributed by atoms with Gasteiger partial charge in [-0.15, -0.1) is 0 Å². The highest BCUT2D eigenvalue weighted by Crippen LogP contribution is 2.25. The van der Waals surface area contributed by atoms with E-state index in [9.17, 15) is 4.79 Å². The maximum Gasteiger partial charge on any atom is 0.265 e. The predicted octanol–water partition coefficient (Wildman–Crippen LogP) is 2.27. The summed E-state index contributed by atoms with van der Waals surface area (Å²) in [6.07, 6.45) is 2.02. The number of rotatable bonds is 7. The number of carbonyl (C=O) groups is 1. The van der Waals surface area contributed by atoms with Gasteiger partial charge >= 0.3 is 0 Å². The van der Waals surface area contributed by atoms with E-state index in [-0.39, 0.29) is 5.91 Å². The van der Waals surface area contributed by atoms with Crippen LogP contribution in [0.15, 0.2) is 0 Å². The van der Waals surface area contributed by atoms with E-state index in [1.165, 1.54) is 11.3 Å². The number of amides is 1. The Morgan fingerprint density at radius 2 is 2.11 bits per heavy atom. The van der Waals surface area contributed by atoms with Crippen molar-refractivity contribution in [2.75, 3.05) is 30.4 Å². The van der Waals surface area contributed by atoms with Gasteiger partial charge in [0.25, 0.3) is 5.91 Å². The van der Waals surface area contributed by atoms with Gasteiger partial charge in [0.1, 0.15) is 10.7 Å². The van der Waals surface area contributed by atoms with Gasteiger partial charge in [-0.3, -0.25) is 4.79 Å². The Labute approximate surface area is 122 Å². The number of anilines is 2. The first-order valence-corrected chi connectivity index (χ1v) is 8.35. The lowest BCUT2D eigenvalue weighted by atomic mass is 10.2. The molecule has 0 saturated heterocycles. The van der Waals surface area contributed by atoms with Crippen molar-refractivity contribution in [3.63, 3.8) is 0 Å². The summed E-state index contributed by atoms with van der Waals surface area (Å²) >= 11 is 3.01. The van der Waals surface area contributed by atoms with E-state index in [0.29, 0.717) is 33.5 Å². The molecule has 4 N–H and O–H groups in total. The third-order valence-electron chi connectivity index (χ3n) is 2.47. The van der Waals surface area contributed by atoms with Crippen molar-refractivity contribution in [2.45, 2.75) is 26.0 Å². The number of hydrogen-bond acceptors (Lipinski definition) is 6. The molecule has 0 saturated carbocycles. The second-order valence-corrected chi connectivity index (χ2v) is 7.04. The molecule has 0 aliphatic rings. The first kappa shape index (κ1) is 16.1. The van der Waals surface area contributed by atoms with E-state index in [4.69, 9.17) is 5.73 Å². The molecule has 0 aliphatic heterocycles.